The third-order valence-corrected chi connectivity index (χ3v) is 13.0. The van der Waals surface area contributed by atoms with Gasteiger partial charge in [0.1, 0.15) is 42.0 Å². The van der Waals surface area contributed by atoms with Crippen LogP contribution in [0.5, 0.6) is 0 Å². The van der Waals surface area contributed by atoms with Gasteiger partial charge in [0, 0.05) is 33.9 Å². The van der Waals surface area contributed by atoms with Crippen molar-refractivity contribution in [1.29, 1.82) is 0 Å². The molecule has 2 saturated carbocycles. The van der Waals surface area contributed by atoms with Gasteiger partial charge in [-0.25, -0.2) is 14.4 Å². The van der Waals surface area contributed by atoms with Gasteiger partial charge in [0.05, 0.1) is 34.2 Å². The number of nitrogens with zero attached hydrogens (tertiary/aromatic N) is 1. The average Bonchev–Trinajstić information content (AvgIpc) is 3.50. The van der Waals surface area contributed by atoms with Crippen molar-refractivity contribution in [3.63, 3.8) is 0 Å². The molecule has 2 aliphatic heterocycles. The molecular weight excluding hydrogens is 879 g/mol. The first-order valence-electron chi connectivity index (χ1n) is 21.6. The van der Waals surface area contributed by atoms with E-state index in [1.165, 1.54) is 80.7 Å². The molecule has 12 atom stereocenters. The molecule has 3 aromatic rings. The van der Waals surface area contributed by atoms with Crippen LogP contribution in [0.4, 0.5) is 0 Å². The van der Waals surface area contributed by atoms with E-state index in [0.29, 0.717) is 0 Å². The predicted molar refractivity (Wildman–Crippen MR) is 225 cm³/mol. The van der Waals surface area contributed by atoms with Gasteiger partial charge in [0.2, 0.25) is 0 Å². The van der Waals surface area contributed by atoms with Gasteiger partial charge in [-0.3, -0.25) is 29.0 Å². The average molecular weight is 930 g/mol. The smallest absolute Gasteiger partial charge is 0.340 e. The Morgan fingerprint density at radius 3 is 1.87 bits per heavy atom. The molecule has 19 heteroatoms. The van der Waals surface area contributed by atoms with Gasteiger partial charge in [-0.1, -0.05) is 43.3 Å². The largest absolute Gasteiger partial charge is 0.465 e. The lowest BCUT2D eigenvalue weighted by Gasteiger charge is -2.67. The van der Waals surface area contributed by atoms with Crippen molar-refractivity contribution in [3.05, 3.63) is 101 Å². The second kappa shape index (κ2) is 18.5. The number of aromatic nitrogens is 1. The SMILES string of the molecule is CC(=O)OCC12C(OC(C)=O)C(OC(C)=O)C3C(OC(C)=O)C14OC3(C)COC(=O)c1cccnc1CCC(C)C(=O)OC(C(OC(=O)c1ccccc1)C2OC(=O)c1ccccc1)C4(C)O. The molecule has 1 N–H and O–H groups in total. The molecule has 1 aromatic heterocycles. The Balaban J connectivity index is 1.63. The summed E-state index contributed by atoms with van der Waals surface area (Å²) in [5.41, 5.74) is -10.4. The Morgan fingerprint density at radius 2 is 1.28 bits per heavy atom. The molecule has 12 unspecified atom stereocenters. The highest BCUT2D eigenvalue weighted by Crippen LogP contribution is 2.70. The van der Waals surface area contributed by atoms with E-state index >= 15 is 0 Å². The third kappa shape index (κ3) is 8.50. The van der Waals surface area contributed by atoms with E-state index in [0.717, 1.165) is 34.6 Å². The first-order chi connectivity index (χ1) is 31.7. The minimum absolute atomic E-state index is 0.0123. The van der Waals surface area contributed by atoms with E-state index in [1.54, 1.807) is 12.1 Å². The van der Waals surface area contributed by atoms with Crippen molar-refractivity contribution in [1.82, 2.24) is 4.98 Å². The van der Waals surface area contributed by atoms with Gasteiger partial charge >= 0.3 is 47.8 Å². The summed E-state index contributed by atoms with van der Waals surface area (Å²) in [7, 11) is 0. The number of aliphatic hydroxyl groups is 1. The zero-order chi connectivity index (χ0) is 48.6. The van der Waals surface area contributed by atoms with Gasteiger partial charge in [-0.2, -0.15) is 0 Å². The minimum Gasteiger partial charge on any atom is -0.465 e. The normalized spacial score (nSPS) is 33.2. The molecule has 1 spiro atoms. The Labute approximate surface area is 384 Å². The van der Waals surface area contributed by atoms with Crippen LogP contribution in [-0.4, -0.2) is 124 Å². The molecule has 0 amide bonds. The van der Waals surface area contributed by atoms with Crippen molar-refractivity contribution in [2.75, 3.05) is 13.2 Å². The molecule has 3 fully saturated rings. The summed E-state index contributed by atoms with van der Waals surface area (Å²) in [6.45, 7) is 6.17. The number of cyclic esters (lactones) is 1. The molecule has 2 aliphatic carbocycles. The van der Waals surface area contributed by atoms with E-state index in [4.69, 9.17) is 42.6 Å². The zero-order valence-corrected chi connectivity index (χ0v) is 37.8. The number of rotatable bonds is 9. The van der Waals surface area contributed by atoms with Gasteiger partial charge in [0.25, 0.3) is 0 Å². The molecule has 7 rings (SSSR count). The first kappa shape index (κ1) is 48.2. The Kier molecular flexibility index (Phi) is 13.3. The fourth-order valence-corrected chi connectivity index (χ4v) is 10.3. The molecule has 0 radical (unpaired) electrons. The highest BCUT2D eigenvalue weighted by atomic mass is 16.7. The van der Waals surface area contributed by atoms with E-state index in [2.05, 4.69) is 4.98 Å². The number of hydrogen-bond acceptors (Lipinski definition) is 19. The number of carbonyl (C=O) groups is 8. The lowest BCUT2D eigenvalue weighted by atomic mass is 9.45. The number of ether oxygens (including phenoxy) is 9. The van der Waals surface area contributed by atoms with Crippen LogP contribution in [0.25, 0.3) is 0 Å². The van der Waals surface area contributed by atoms with Crippen LogP contribution in [0, 0.1) is 17.3 Å². The number of aryl methyl sites for hydroxylation is 1. The highest BCUT2D eigenvalue weighted by Gasteiger charge is 2.92. The molecule has 67 heavy (non-hydrogen) atoms. The van der Waals surface area contributed by atoms with Crippen molar-refractivity contribution in [2.45, 2.75) is 115 Å². The van der Waals surface area contributed by atoms with Crippen LogP contribution in [0.2, 0.25) is 0 Å². The van der Waals surface area contributed by atoms with Crippen LogP contribution in [-0.2, 0) is 73.0 Å². The standard InChI is InChI=1S/C48H51NO18/c1-25-20-21-33-32(19-14-22-49-33)44(57)60-23-45(6)34-35(61-27(3)51)39(63-29(5)53)47(24-59-26(2)50)40(66-43(56)31-17-12-9-13-18-31)36(64-42(55)30-15-10-8-11-16-30)38(65-41(25)54)46(7,58)48(47,67-45)37(34)62-28(4)52/h8-19,22,25,34-40,58H,20-21,23-24H2,1-7H3. The predicted octanol–water partition coefficient (Wildman–Crippen LogP) is 3.45. The summed E-state index contributed by atoms with van der Waals surface area (Å²) in [5.74, 6) is -10.9. The summed E-state index contributed by atoms with van der Waals surface area (Å²) in [6, 6.07) is 17.9. The van der Waals surface area contributed by atoms with E-state index in [-0.39, 0.29) is 35.2 Å². The summed E-state index contributed by atoms with van der Waals surface area (Å²) in [5, 5.41) is 13.9. The molecule has 4 aliphatic rings. The molecule has 4 bridgehead atoms. The van der Waals surface area contributed by atoms with Crippen LogP contribution >= 0.6 is 0 Å². The highest BCUT2D eigenvalue weighted by molar-refractivity contribution is 5.91. The van der Waals surface area contributed by atoms with Gasteiger partial charge < -0.3 is 47.7 Å². The third-order valence-electron chi connectivity index (χ3n) is 13.0. The second-order valence-electron chi connectivity index (χ2n) is 17.6. The number of carbonyl (C=O) groups excluding carboxylic acids is 8. The van der Waals surface area contributed by atoms with E-state index < -0.39 is 132 Å². The summed E-state index contributed by atoms with van der Waals surface area (Å²) in [4.78, 5) is 116. The summed E-state index contributed by atoms with van der Waals surface area (Å²) >= 11 is 0. The number of fused-ring (bicyclic) bond motifs is 5. The van der Waals surface area contributed by atoms with Crippen LogP contribution in [0.3, 0.4) is 0 Å². The molecular formula is C48H51NO18. The maximum absolute atomic E-state index is 14.7. The number of benzene rings is 2. The van der Waals surface area contributed by atoms with Crippen molar-refractivity contribution >= 4 is 47.8 Å². The molecule has 2 aromatic carbocycles. The van der Waals surface area contributed by atoms with Crippen molar-refractivity contribution < 1.29 is 86.1 Å². The molecule has 356 valence electrons. The maximum atomic E-state index is 14.7. The summed E-state index contributed by atoms with van der Waals surface area (Å²) in [6.07, 6.45) is -11.0. The van der Waals surface area contributed by atoms with Crippen LogP contribution in [0.15, 0.2) is 79.0 Å². The Bertz CT molecular complexity index is 2440. The topological polar surface area (TPSA) is 253 Å². The van der Waals surface area contributed by atoms with E-state index in [1.807, 2.05) is 0 Å². The minimum atomic E-state index is -2.90. The fourth-order valence-electron chi connectivity index (χ4n) is 10.3. The second-order valence-corrected chi connectivity index (χ2v) is 17.6. The van der Waals surface area contributed by atoms with Crippen LogP contribution in [0.1, 0.15) is 91.7 Å². The lowest BCUT2D eigenvalue weighted by molar-refractivity contribution is -0.384. The molecule has 1 saturated heterocycles. The van der Waals surface area contributed by atoms with Crippen molar-refractivity contribution in [3.8, 4) is 0 Å². The van der Waals surface area contributed by atoms with E-state index in [9.17, 15) is 43.5 Å². The number of hydrogen-bond donors (Lipinski definition) is 1. The molecule has 3 heterocycles. The first-order valence-corrected chi connectivity index (χ1v) is 21.6. The summed E-state index contributed by atoms with van der Waals surface area (Å²) < 4.78 is 56.5. The molecule has 19 nitrogen and oxygen atoms in total. The quantitative estimate of drug-likeness (QED) is 0.238. The monoisotopic (exact) mass is 929 g/mol. The Morgan fingerprint density at radius 1 is 0.716 bits per heavy atom. The van der Waals surface area contributed by atoms with Gasteiger partial charge in [-0.15, -0.1) is 0 Å². The maximum Gasteiger partial charge on any atom is 0.340 e. The lowest BCUT2D eigenvalue weighted by Crippen LogP contribution is -2.89. The number of pyridine rings is 1. The zero-order valence-electron chi connectivity index (χ0n) is 37.8. The van der Waals surface area contributed by atoms with Crippen LogP contribution < -0.4 is 0 Å². The number of esters is 8. The fraction of sp³-hybridized carbons (Fsp3) is 0.479. The van der Waals surface area contributed by atoms with Gasteiger partial charge in [0.15, 0.2) is 30.0 Å². The van der Waals surface area contributed by atoms with Gasteiger partial charge in [-0.05, 0) is 63.1 Å². The Hall–Kier alpha value is -6.73. The van der Waals surface area contributed by atoms with Crippen molar-refractivity contribution in [2.24, 2.45) is 17.3 Å².